The first-order chi connectivity index (χ1) is 8.70. The fourth-order valence-electron chi connectivity index (χ4n) is 1.50. The topological polar surface area (TPSA) is 35.2 Å². The molecule has 0 saturated heterocycles. The molecule has 0 aliphatic heterocycles. The Morgan fingerprint density at radius 1 is 1.11 bits per heavy atom. The second-order valence-electron chi connectivity index (χ2n) is 4.08. The van der Waals surface area contributed by atoms with Crippen molar-refractivity contribution >= 4 is 0 Å². The highest BCUT2D eigenvalue weighted by Crippen LogP contribution is 2.43. The second-order valence-corrected chi connectivity index (χ2v) is 4.08. The minimum Gasteiger partial charge on any atom is -0.384 e. The largest absolute Gasteiger partial charge is 0.455 e. The molecule has 19 heavy (non-hydrogen) atoms. The average molecular weight is 283 g/mol. The van der Waals surface area contributed by atoms with Crippen molar-refractivity contribution in [2.75, 3.05) is 13.7 Å². The van der Waals surface area contributed by atoms with Crippen LogP contribution in [0.2, 0.25) is 0 Å². The standard InChI is InChI=1S/C12H14F5NO/c1-19-7-6-8-2-4-9(5-3-8)10(18)11(13,14)12(15,16)17/h2-5,10H,6-7,18H2,1H3. The van der Waals surface area contributed by atoms with Crippen LogP contribution in [0.4, 0.5) is 22.0 Å². The molecule has 7 heteroatoms. The van der Waals surface area contributed by atoms with Gasteiger partial charge < -0.3 is 10.5 Å². The van der Waals surface area contributed by atoms with Crippen LogP contribution >= 0.6 is 0 Å². The lowest BCUT2D eigenvalue weighted by molar-refractivity contribution is -0.291. The van der Waals surface area contributed by atoms with Crippen molar-refractivity contribution in [1.29, 1.82) is 0 Å². The van der Waals surface area contributed by atoms with Crippen molar-refractivity contribution in [3.63, 3.8) is 0 Å². The van der Waals surface area contributed by atoms with Crippen LogP contribution < -0.4 is 5.73 Å². The van der Waals surface area contributed by atoms with Gasteiger partial charge in [-0.2, -0.15) is 22.0 Å². The minimum absolute atomic E-state index is 0.261. The molecule has 0 aliphatic rings. The normalized spacial score (nSPS) is 14.5. The summed E-state index contributed by atoms with van der Waals surface area (Å²) in [7, 11) is 1.51. The molecule has 0 heterocycles. The molecule has 0 aromatic heterocycles. The van der Waals surface area contributed by atoms with Gasteiger partial charge in [0.15, 0.2) is 0 Å². The van der Waals surface area contributed by atoms with E-state index in [2.05, 4.69) is 0 Å². The molecule has 0 aliphatic carbocycles. The van der Waals surface area contributed by atoms with E-state index in [1.54, 1.807) is 0 Å². The summed E-state index contributed by atoms with van der Waals surface area (Å²) < 4.78 is 67.4. The first-order valence-electron chi connectivity index (χ1n) is 5.48. The summed E-state index contributed by atoms with van der Waals surface area (Å²) >= 11 is 0. The number of benzene rings is 1. The summed E-state index contributed by atoms with van der Waals surface area (Å²) in [5, 5.41) is 0. The van der Waals surface area contributed by atoms with Crippen molar-refractivity contribution < 1.29 is 26.7 Å². The summed E-state index contributed by atoms with van der Waals surface area (Å²) in [4.78, 5) is 0. The smallest absolute Gasteiger partial charge is 0.384 e. The Balaban J connectivity index is 2.86. The van der Waals surface area contributed by atoms with Crippen LogP contribution in [-0.4, -0.2) is 25.8 Å². The first kappa shape index (κ1) is 15.8. The van der Waals surface area contributed by atoms with E-state index < -0.39 is 18.1 Å². The SMILES string of the molecule is COCCc1ccc(C(N)C(F)(F)C(F)(F)F)cc1. The third-order valence-corrected chi connectivity index (χ3v) is 2.70. The Kier molecular flexibility index (Phi) is 4.86. The van der Waals surface area contributed by atoms with Crippen LogP contribution in [0.5, 0.6) is 0 Å². The summed E-state index contributed by atoms with van der Waals surface area (Å²) in [5.74, 6) is -4.96. The highest BCUT2D eigenvalue weighted by molar-refractivity contribution is 5.26. The molecule has 1 atom stereocenters. The van der Waals surface area contributed by atoms with E-state index >= 15 is 0 Å². The lowest BCUT2D eigenvalue weighted by Gasteiger charge is -2.26. The molecule has 0 bridgehead atoms. The van der Waals surface area contributed by atoms with Crippen molar-refractivity contribution in [2.45, 2.75) is 24.6 Å². The predicted molar refractivity (Wildman–Crippen MR) is 60.0 cm³/mol. The van der Waals surface area contributed by atoms with E-state index in [0.717, 1.165) is 5.56 Å². The molecule has 1 aromatic carbocycles. The van der Waals surface area contributed by atoms with Gasteiger partial charge >= 0.3 is 12.1 Å². The van der Waals surface area contributed by atoms with Gasteiger partial charge in [0.2, 0.25) is 0 Å². The van der Waals surface area contributed by atoms with Crippen LogP contribution in [0, 0.1) is 0 Å². The van der Waals surface area contributed by atoms with Crippen LogP contribution in [0.3, 0.4) is 0 Å². The van der Waals surface area contributed by atoms with Crippen molar-refractivity contribution in [2.24, 2.45) is 5.73 Å². The zero-order valence-corrected chi connectivity index (χ0v) is 10.2. The third kappa shape index (κ3) is 3.63. The van der Waals surface area contributed by atoms with Crippen LogP contribution in [0.1, 0.15) is 17.2 Å². The summed E-state index contributed by atoms with van der Waals surface area (Å²) in [6.07, 6.45) is -5.12. The number of alkyl halides is 5. The highest BCUT2D eigenvalue weighted by Gasteiger charge is 2.61. The Labute approximate surface area is 107 Å². The number of ether oxygens (including phenoxy) is 1. The quantitative estimate of drug-likeness (QED) is 0.843. The van der Waals surface area contributed by atoms with Gasteiger partial charge in [0.1, 0.15) is 6.04 Å². The fraction of sp³-hybridized carbons (Fsp3) is 0.500. The van der Waals surface area contributed by atoms with Gasteiger partial charge in [0.25, 0.3) is 0 Å². The zero-order valence-electron chi connectivity index (χ0n) is 10.2. The molecular formula is C12H14F5NO. The van der Waals surface area contributed by atoms with E-state index in [1.165, 1.54) is 31.4 Å². The van der Waals surface area contributed by atoms with Crippen LogP contribution in [-0.2, 0) is 11.2 Å². The Bertz CT molecular complexity index is 402. The predicted octanol–water partition coefficient (Wildman–Crippen LogP) is 3.07. The van der Waals surface area contributed by atoms with Gasteiger partial charge in [-0.3, -0.25) is 0 Å². The maximum absolute atomic E-state index is 13.0. The van der Waals surface area contributed by atoms with Gasteiger partial charge in [-0.05, 0) is 17.5 Å². The maximum atomic E-state index is 13.0. The molecule has 108 valence electrons. The Morgan fingerprint density at radius 3 is 2.05 bits per heavy atom. The first-order valence-corrected chi connectivity index (χ1v) is 5.48. The number of hydrogen-bond acceptors (Lipinski definition) is 2. The van der Waals surface area contributed by atoms with Crippen molar-refractivity contribution in [3.8, 4) is 0 Å². The van der Waals surface area contributed by atoms with E-state index in [1.807, 2.05) is 0 Å². The zero-order chi connectivity index (χ0) is 14.7. The average Bonchev–Trinajstić information content (AvgIpc) is 2.34. The molecule has 0 fully saturated rings. The van der Waals surface area contributed by atoms with Gasteiger partial charge in [-0.15, -0.1) is 0 Å². The molecule has 1 aromatic rings. The monoisotopic (exact) mass is 283 g/mol. The number of hydrogen-bond donors (Lipinski definition) is 1. The van der Waals surface area contributed by atoms with Gasteiger partial charge in [-0.1, -0.05) is 24.3 Å². The molecule has 2 N–H and O–H groups in total. The van der Waals surface area contributed by atoms with E-state index in [9.17, 15) is 22.0 Å². The second kappa shape index (κ2) is 5.83. The van der Waals surface area contributed by atoms with Gasteiger partial charge in [-0.25, -0.2) is 0 Å². The van der Waals surface area contributed by atoms with Crippen LogP contribution in [0.25, 0.3) is 0 Å². The number of rotatable bonds is 5. The summed E-state index contributed by atoms with van der Waals surface area (Å²) in [6.45, 7) is 0.435. The maximum Gasteiger partial charge on any atom is 0.455 e. The van der Waals surface area contributed by atoms with Crippen molar-refractivity contribution in [1.82, 2.24) is 0 Å². The molecule has 2 nitrogen and oxygen atoms in total. The molecule has 0 radical (unpaired) electrons. The third-order valence-electron chi connectivity index (χ3n) is 2.70. The molecular weight excluding hydrogens is 269 g/mol. The van der Waals surface area contributed by atoms with Crippen molar-refractivity contribution in [3.05, 3.63) is 35.4 Å². The molecule has 1 rings (SSSR count). The fourth-order valence-corrected chi connectivity index (χ4v) is 1.50. The number of methoxy groups -OCH3 is 1. The molecule has 0 amide bonds. The summed E-state index contributed by atoms with van der Waals surface area (Å²) in [6, 6.07) is 2.86. The van der Waals surface area contributed by atoms with E-state index in [-0.39, 0.29) is 5.56 Å². The van der Waals surface area contributed by atoms with Gasteiger partial charge in [0.05, 0.1) is 6.61 Å². The molecule has 0 spiro atoms. The Morgan fingerprint density at radius 2 is 1.63 bits per heavy atom. The van der Waals surface area contributed by atoms with Gasteiger partial charge in [0, 0.05) is 7.11 Å². The van der Waals surface area contributed by atoms with Crippen LogP contribution in [0.15, 0.2) is 24.3 Å². The van der Waals surface area contributed by atoms with E-state index in [0.29, 0.717) is 13.0 Å². The molecule has 0 saturated carbocycles. The highest BCUT2D eigenvalue weighted by atomic mass is 19.4. The Hall–Kier alpha value is -1.21. The number of halogens is 5. The molecule has 1 unspecified atom stereocenters. The van der Waals surface area contributed by atoms with E-state index in [4.69, 9.17) is 10.5 Å². The lowest BCUT2D eigenvalue weighted by Crippen LogP contribution is -2.45. The lowest BCUT2D eigenvalue weighted by atomic mass is 9.99. The summed E-state index contributed by atoms with van der Waals surface area (Å²) in [5.41, 5.74) is 5.53. The minimum atomic E-state index is -5.67. The number of nitrogens with two attached hydrogens (primary N) is 1.